The summed E-state index contributed by atoms with van der Waals surface area (Å²) in [6.45, 7) is 5.70. The smallest absolute Gasteiger partial charge is 0.407 e. The molecule has 0 spiro atoms. The Labute approximate surface area is 160 Å². The Kier molecular flexibility index (Phi) is 7.47. The van der Waals surface area contributed by atoms with Crippen molar-refractivity contribution in [1.29, 1.82) is 0 Å². The summed E-state index contributed by atoms with van der Waals surface area (Å²) in [6, 6.07) is 9.32. The van der Waals surface area contributed by atoms with Crippen LogP contribution in [-0.2, 0) is 20.8 Å². The van der Waals surface area contributed by atoms with Gasteiger partial charge in [0.25, 0.3) is 0 Å². The number of rotatable bonds is 5. The lowest BCUT2D eigenvalue weighted by Gasteiger charge is -2.36. The van der Waals surface area contributed by atoms with E-state index in [1.54, 1.807) is 7.11 Å². The Bertz CT molecular complexity index is 615. The first-order valence-electron chi connectivity index (χ1n) is 9.26. The van der Waals surface area contributed by atoms with Crippen LogP contribution < -0.4 is 10.6 Å². The van der Waals surface area contributed by atoms with E-state index >= 15 is 0 Å². The quantitative estimate of drug-likeness (QED) is 0.820. The maximum Gasteiger partial charge on any atom is 0.407 e. The van der Waals surface area contributed by atoms with E-state index in [-0.39, 0.29) is 24.8 Å². The lowest BCUT2D eigenvalue weighted by Crippen LogP contribution is -2.52. The predicted octanol–water partition coefficient (Wildman–Crippen LogP) is 3.37. The standard InChI is InChI=1S/C20H30N2O5/c1-20(2,3)27-19(24)22-16-11-10-15(12-17(16)25-4)21-18(23)26-13-14-8-6-5-7-9-14/h5-9,15-17H,10-13H2,1-4H3,(H,21,23)(H,22,24)/t15-,16-,17+/m0/s1. The Morgan fingerprint density at radius 2 is 1.78 bits per heavy atom. The number of benzene rings is 1. The van der Waals surface area contributed by atoms with Crippen molar-refractivity contribution in [2.24, 2.45) is 0 Å². The number of methoxy groups -OCH3 is 1. The monoisotopic (exact) mass is 378 g/mol. The van der Waals surface area contributed by atoms with Crippen molar-refractivity contribution in [2.75, 3.05) is 7.11 Å². The second-order valence-corrected chi connectivity index (χ2v) is 7.74. The minimum atomic E-state index is -0.548. The summed E-state index contributed by atoms with van der Waals surface area (Å²) in [5.74, 6) is 0. The molecule has 150 valence electrons. The van der Waals surface area contributed by atoms with Gasteiger partial charge in [-0.15, -0.1) is 0 Å². The van der Waals surface area contributed by atoms with Gasteiger partial charge < -0.3 is 24.8 Å². The molecular weight excluding hydrogens is 348 g/mol. The number of hydrogen-bond acceptors (Lipinski definition) is 5. The van der Waals surface area contributed by atoms with E-state index in [1.165, 1.54) is 0 Å². The van der Waals surface area contributed by atoms with Crippen molar-refractivity contribution in [2.45, 2.75) is 70.4 Å². The fourth-order valence-corrected chi connectivity index (χ4v) is 3.08. The molecule has 2 amide bonds. The molecule has 0 heterocycles. The van der Waals surface area contributed by atoms with Gasteiger partial charge in [0.1, 0.15) is 12.2 Å². The summed E-state index contributed by atoms with van der Waals surface area (Å²) < 4.78 is 16.1. The molecule has 1 aliphatic carbocycles. The van der Waals surface area contributed by atoms with E-state index in [0.29, 0.717) is 12.8 Å². The number of alkyl carbamates (subject to hydrolysis) is 2. The van der Waals surface area contributed by atoms with Gasteiger partial charge in [0, 0.05) is 13.2 Å². The molecule has 27 heavy (non-hydrogen) atoms. The fraction of sp³-hybridized carbons (Fsp3) is 0.600. The Balaban J connectivity index is 1.78. The van der Waals surface area contributed by atoms with Crippen LogP contribution in [0.25, 0.3) is 0 Å². The van der Waals surface area contributed by atoms with Crippen LogP contribution in [0.2, 0.25) is 0 Å². The summed E-state index contributed by atoms with van der Waals surface area (Å²) in [6.07, 6.45) is 0.894. The molecule has 0 aromatic heterocycles. The van der Waals surface area contributed by atoms with Crippen molar-refractivity contribution < 1.29 is 23.8 Å². The minimum Gasteiger partial charge on any atom is -0.445 e. The molecule has 0 bridgehead atoms. The van der Waals surface area contributed by atoms with Crippen LogP contribution >= 0.6 is 0 Å². The van der Waals surface area contributed by atoms with Gasteiger partial charge in [-0.2, -0.15) is 0 Å². The zero-order valence-electron chi connectivity index (χ0n) is 16.5. The Morgan fingerprint density at radius 3 is 2.41 bits per heavy atom. The second kappa shape index (κ2) is 9.60. The van der Waals surface area contributed by atoms with Crippen LogP contribution in [0.15, 0.2) is 30.3 Å². The number of ether oxygens (including phenoxy) is 3. The van der Waals surface area contributed by atoms with Crippen molar-refractivity contribution >= 4 is 12.2 Å². The average molecular weight is 378 g/mol. The molecule has 7 nitrogen and oxygen atoms in total. The molecule has 0 saturated heterocycles. The third-order valence-corrected chi connectivity index (χ3v) is 4.33. The SMILES string of the molecule is CO[C@@H]1C[C@@H](NC(=O)OCc2ccccc2)CC[C@@H]1NC(=O)OC(C)(C)C. The molecule has 3 atom stereocenters. The second-order valence-electron chi connectivity index (χ2n) is 7.74. The molecule has 0 unspecified atom stereocenters. The highest BCUT2D eigenvalue weighted by Crippen LogP contribution is 2.22. The van der Waals surface area contributed by atoms with Crippen LogP contribution in [-0.4, -0.2) is 43.1 Å². The summed E-state index contributed by atoms with van der Waals surface area (Å²) in [4.78, 5) is 24.0. The highest BCUT2D eigenvalue weighted by Gasteiger charge is 2.33. The molecule has 2 rings (SSSR count). The van der Waals surface area contributed by atoms with Crippen molar-refractivity contribution in [3.8, 4) is 0 Å². The third kappa shape index (κ3) is 7.46. The maximum atomic E-state index is 12.0. The van der Waals surface area contributed by atoms with E-state index in [0.717, 1.165) is 12.0 Å². The average Bonchev–Trinajstić information content (AvgIpc) is 2.60. The van der Waals surface area contributed by atoms with Crippen LogP contribution in [0.5, 0.6) is 0 Å². The highest BCUT2D eigenvalue weighted by atomic mass is 16.6. The topological polar surface area (TPSA) is 85.9 Å². The molecule has 0 radical (unpaired) electrons. The number of amides is 2. The van der Waals surface area contributed by atoms with E-state index in [2.05, 4.69) is 10.6 Å². The van der Waals surface area contributed by atoms with Gasteiger partial charge in [0.15, 0.2) is 0 Å². The van der Waals surface area contributed by atoms with Gasteiger partial charge in [-0.25, -0.2) is 9.59 Å². The fourth-order valence-electron chi connectivity index (χ4n) is 3.08. The molecule has 1 aliphatic rings. The highest BCUT2D eigenvalue weighted by molar-refractivity contribution is 5.68. The zero-order chi connectivity index (χ0) is 19.9. The van der Waals surface area contributed by atoms with Gasteiger partial charge in [0.05, 0.1) is 12.1 Å². The minimum absolute atomic E-state index is 0.0603. The van der Waals surface area contributed by atoms with Crippen molar-refractivity contribution in [1.82, 2.24) is 10.6 Å². The molecule has 0 aliphatic heterocycles. The molecular formula is C20H30N2O5. The molecule has 7 heteroatoms. The number of carbonyl (C=O) groups is 2. The molecule has 2 N–H and O–H groups in total. The number of hydrogen-bond donors (Lipinski definition) is 2. The largest absolute Gasteiger partial charge is 0.445 e. The summed E-state index contributed by atoms with van der Waals surface area (Å²) >= 11 is 0. The predicted molar refractivity (Wildman–Crippen MR) is 101 cm³/mol. The normalized spacial score (nSPS) is 22.6. The summed E-state index contributed by atoms with van der Waals surface area (Å²) in [7, 11) is 1.60. The van der Waals surface area contributed by atoms with Gasteiger partial charge in [-0.3, -0.25) is 0 Å². The van der Waals surface area contributed by atoms with Crippen LogP contribution in [0.4, 0.5) is 9.59 Å². The van der Waals surface area contributed by atoms with Gasteiger partial charge in [-0.1, -0.05) is 30.3 Å². The lowest BCUT2D eigenvalue weighted by atomic mass is 9.88. The van der Waals surface area contributed by atoms with E-state index in [9.17, 15) is 9.59 Å². The Morgan fingerprint density at radius 1 is 1.07 bits per heavy atom. The van der Waals surface area contributed by atoms with Gasteiger partial charge >= 0.3 is 12.2 Å². The van der Waals surface area contributed by atoms with Crippen molar-refractivity contribution in [3.05, 3.63) is 35.9 Å². The first-order valence-corrected chi connectivity index (χ1v) is 9.26. The number of carbonyl (C=O) groups excluding carboxylic acids is 2. The third-order valence-electron chi connectivity index (χ3n) is 4.33. The van der Waals surface area contributed by atoms with E-state index in [4.69, 9.17) is 14.2 Å². The lowest BCUT2D eigenvalue weighted by molar-refractivity contribution is 0.0143. The molecule has 1 aromatic rings. The molecule has 1 aromatic carbocycles. The number of nitrogens with one attached hydrogen (secondary N) is 2. The van der Waals surface area contributed by atoms with Gasteiger partial charge in [-0.05, 0) is 45.6 Å². The summed E-state index contributed by atoms with van der Waals surface area (Å²) in [5.41, 5.74) is 0.390. The zero-order valence-corrected chi connectivity index (χ0v) is 16.5. The van der Waals surface area contributed by atoms with E-state index < -0.39 is 17.8 Å². The maximum absolute atomic E-state index is 12.0. The first-order chi connectivity index (χ1) is 12.8. The Hall–Kier alpha value is -2.28. The first kappa shape index (κ1) is 21.0. The van der Waals surface area contributed by atoms with E-state index in [1.807, 2.05) is 51.1 Å². The van der Waals surface area contributed by atoms with Gasteiger partial charge in [0.2, 0.25) is 0 Å². The summed E-state index contributed by atoms with van der Waals surface area (Å²) in [5, 5.41) is 5.75. The van der Waals surface area contributed by atoms with Crippen LogP contribution in [0.1, 0.15) is 45.6 Å². The van der Waals surface area contributed by atoms with Crippen LogP contribution in [0.3, 0.4) is 0 Å². The molecule has 1 saturated carbocycles. The van der Waals surface area contributed by atoms with Crippen LogP contribution in [0, 0.1) is 0 Å². The molecule has 1 fully saturated rings. The van der Waals surface area contributed by atoms with Crippen molar-refractivity contribution in [3.63, 3.8) is 0 Å².